The second-order valence-corrected chi connectivity index (χ2v) is 8.72. The van der Waals surface area contributed by atoms with Crippen molar-refractivity contribution in [2.45, 2.75) is 18.7 Å². The summed E-state index contributed by atoms with van der Waals surface area (Å²) in [5, 5.41) is 29.5. The number of hydrogen-bond acceptors (Lipinski definition) is 6. The van der Waals surface area contributed by atoms with Crippen LogP contribution in [-0.2, 0) is 16.0 Å². The molecule has 0 bridgehead atoms. The SMILES string of the molecule is O=C(O)C(Cc1ccc(Cl)cc1)N1CC(O)N(c2cc(Cl)ccc2-n2cc(Cl)nn2)CC1=O. The van der Waals surface area contributed by atoms with Crippen LogP contribution < -0.4 is 4.90 Å². The van der Waals surface area contributed by atoms with E-state index in [9.17, 15) is 19.8 Å². The lowest BCUT2D eigenvalue weighted by Crippen LogP contribution is -2.61. The van der Waals surface area contributed by atoms with Gasteiger partial charge >= 0.3 is 5.97 Å². The molecule has 12 heteroatoms. The third-order valence-corrected chi connectivity index (χ3v) is 5.97. The normalized spacial score (nSPS) is 17.3. The Morgan fingerprint density at radius 2 is 1.79 bits per heavy atom. The number of piperazine rings is 1. The zero-order valence-electron chi connectivity index (χ0n) is 17.0. The number of aliphatic carboxylic acids is 1. The highest BCUT2D eigenvalue weighted by Gasteiger charge is 2.38. The molecule has 172 valence electrons. The van der Waals surface area contributed by atoms with E-state index in [1.807, 2.05) is 0 Å². The van der Waals surface area contributed by atoms with E-state index in [0.717, 1.165) is 0 Å². The number of benzene rings is 2. The molecule has 2 aromatic carbocycles. The molecule has 2 unspecified atom stereocenters. The van der Waals surface area contributed by atoms with E-state index in [2.05, 4.69) is 10.3 Å². The van der Waals surface area contributed by atoms with Crippen molar-refractivity contribution in [3.8, 4) is 5.69 Å². The standard InChI is InChI=1S/C21H18Cl3N5O4/c22-13-3-1-12(2-4-13)7-17(21(32)33)28-11-19(30)27(10-20(28)31)16-8-14(23)5-6-15(16)29-9-18(24)25-26-29/h1-6,8-9,17,19,30H,7,10-11H2,(H,32,33). The summed E-state index contributed by atoms with van der Waals surface area (Å²) in [5.74, 6) is -1.62. The molecule has 9 nitrogen and oxygen atoms in total. The van der Waals surface area contributed by atoms with Crippen LogP contribution in [0.15, 0.2) is 48.7 Å². The van der Waals surface area contributed by atoms with Gasteiger partial charge in [0, 0.05) is 16.5 Å². The molecular formula is C21H18Cl3N5O4. The summed E-state index contributed by atoms with van der Waals surface area (Å²) in [5.41, 5.74) is 1.63. The second kappa shape index (κ2) is 9.56. The highest BCUT2D eigenvalue weighted by Crippen LogP contribution is 2.31. The van der Waals surface area contributed by atoms with E-state index in [4.69, 9.17) is 34.8 Å². The van der Waals surface area contributed by atoms with Crippen molar-refractivity contribution < 1.29 is 19.8 Å². The van der Waals surface area contributed by atoms with Crippen molar-refractivity contribution in [1.29, 1.82) is 0 Å². The molecular weight excluding hydrogens is 493 g/mol. The fraction of sp³-hybridized carbons (Fsp3) is 0.238. The lowest BCUT2D eigenvalue weighted by atomic mass is 10.0. The minimum absolute atomic E-state index is 0.0742. The molecule has 2 atom stereocenters. The molecule has 33 heavy (non-hydrogen) atoms. The predicted molar refractivity (Wildman–Crippen MR) is 123 cm³/mol. The van der Waals surface area contributed by atoms with Gasteiger partial charge in [0.25, 0.3) is 0 Å². The fourth-order valence-corrected chi connectivity index (χ4v) is 4.14. The van der Waals surface area contributed by atoms with Gasteiger partial charge in [-0.05, 0) is 35.9 Å². The number of aliphatic hydroxyl groups is 1. The van der Waals surface area contributed by atoms with Crippen molar-refractivity contribution in [1.82, 2.24) is 19.9 Å². The number of nitrogens with zero attached hydrogens (tertiary/aromatic N) is 5. The maximum atomic E-state index is 13.1. The van der Waals surface area contributed by atoms with Gasteiger partial charge < -0.3 is 20.0 Å². The van der Waals surface area contributed by atoms with Gasteiger partial charge in [-0.25, -0.2) is 9.48 Å². The lowest BCUT2D eigenvalue weighted by Gasteiger charge is -2.42. The zero-order chi connectivity index (χ0) is 23.7. The van der Waals surface area contributed by atoms with E-state index >= 15 is 0 Å². The molecule has 0 spiro atoms. The van der Waals surface area contributed by atoms with E-state index in [-0.39, 0.29) is 24.7 Å². The van der Waals surface area contributed by atoms with Crippen LogP contribution in [0, 0.1) is 0 Å². The molecule has 3 aromatic rings. The highest BCUT2D eigenvalue weighted by atomic mass is 35.5. The zero-order valence-corrected chi connectivity index (χ0v) is 19.2. The number of carboxylic acids is 1. The summed E-state index contributed by atoms with van der Waals surface area (Å²) in [6.07, 6.45) is 0.363. The first-order valence-corrected chi connectivity index (χ1v) is 11.0. The van der Waals surface area contributed by atoms with Crippen LogP contribution in [0.2, 0.25) is 15.2 Å². The Bertz CT molecular complexity index is 1190. The molecule has 0 radical (unpaired) electrons. The Labute approximate surface area is 203 Å². The second-order valence-electron chi connectivity index (χ2n) is 7.46. The molecule has 1 saturated heterocycles. The first-order valence-electron chi connectivity index (χ1n) is 9.82. The van der Waals surface area contributed by atoms with Crippen LogP contribution in [0.1, 0.15) is 5.56 Å². The van der Waals surface area contributed by atoms with Crippen molar-refractivity contribution in [3.63, 3.8) is 0 Å². The summed E-state index contributed by atoms with van der Waals surface area (Å²) < 4.78 is 1.40. The number of anilines is 1. The number of hydrogen-bond donors (Lipinski definition) is 2. The monoisotopic (exact) mass is 509 g/mol. The largest absolute Gasteiger partial charge is 0.480 e. The van der Waals surface area contributed by atoms with E-state index < -0.39 is 24.1 Å². The molecule has 1 fully saturated rings. The van der Waals surface area contributed by atoms with Gasteiger partial charge in [0.1, 0.15) is 12.3 Å². The van der Waals surface area contributed by atoms with Crippen LogP contribution in [0.3, 0.4) is 0 Å². The molecule has 0 aliphatic carbocycles. The number of carbonyl (C=O) groups excluding carboxylic acids is 1. The molecule has 0 saturated carbocycles. The van der Waals surface area contributed by atoms with Crippen LogP contribution in [0.5, 0.6) is 0 Å². The summed E-state index contributed by atoms with van der Waals surface area (Å²) in [6.45, 7) is -0.477. The number of amides is 1. The molecule has 1 aromatic heterocycles. The van der Waals surface area contributed by atoms with E-state index in [0.29, 0.717) is 27.0 Å². The molecule has 1 amide bonds. The number of aromatic nitrogens is 3. The summed E-state index contributed by atoms with van der Waals surface area (Å²) in [7, 11) is 0. The third-order valence-electron chi connectivity index (χ3n) is 5.31. The van der Waals surface area contributed by atoms with Gasteiger partial charge in [-0.1, -0.05) is 52.1 Å². The summed E-state index contributed by atoms with van der Waals surface area (Å²) in [6, 6.07) is 10.4. The van der Waals surface area contributed by atoms with Crippen molar-refractivity contribution in [3.05, 3.63) is 69.4 Å². The number of β-amino-alcohol motifs (C(OH)–C–C–N with tert-alkyl or cyclic N) is 1. The Morgan fingerprint density at radius 1 is 1.09 bits per heavy atom. The van der Waals surface area contributed by atoms with Crippen LogP contribution in [-0.4, -0.2) is 67.3 Å². The van der Waals surface area contributed by atoms with E-state index in [1.165, 1.54) is 20.7 Å². The molecule has 1 aliphatic heterocycles. The third kappa shape index (κ3) is 5.06. The average Bonchev–Trinajstić information content (AvgIpc) is 3.20. The Hall–Kier alpha value is -2.85. The molecule has 1 aliphatic rings. The predicted octanol–water partition coefficient (Wildman–Crippen LogP) is 2.89. The lowest BCUT2D eigenvalue weighted by molar-refractivity contribution is -0.152. The maximum Gasteiger partial charge on any atom is 0.326 e. The minimum Gasteiger partial charge on any atom is -0.480 e. The number of aliphatic hydroxyl groups excluding tert-OH is 1. The smallest absolute Gasteiger partial charge is 0.326 e. The van der Waals surface area contributed by atoms with Gasteiger partial charge in [-0.3, -0.25) is 4.79 Å². The van der Waals surface area contributed by atoms with Crippen molar-refractivity contribution >= 4 is 52.4 Å². The topological polar surface area (TPSA) is 112 Å². The van der Waals surface area contributed by atoms with Gasteiger partial charge in [0.2, 0.25) is 5.91 Å². The van der Waals surface area contributed by atoms with Gasteiger partial charge in [0.15, 0.2) is 5.15 Å². The first-order chi connectivity index (χ1) is 15.7. The van der Waals surface area contributed by atoms with Gasteiger partial charge in [-0.2, -0.15) is 0 Å². The van der Waals surface area contributed by atoms with Crippen LogP contribution in [0.25, 0.3) is 5.69 Å². The summed E-state index contributed by atoms with van der Waals surface area (Å²) in [4.78, 5) is 27.7. The summed E-state index contributed by atoms with van der Waals surface area (Å²) >= 11 is 18.0. The number of rotatable bonds is 6. The van der Waals surface area contributed by atoms with E-state index in [1.54, 1.807) is 42.5 Å². The van der Waals surface area contributed by atoms with Gasteiger partial charge in [0.05, 0.1) is 30.7 Å². The van der Waals surface area contributed by atoms with Crippen molar-refractivity contribution in [2.75, 3.05) is 18.0 Å². The fourth-order valence-electron chi connectivity index (χ4n) is 3.72. The van der Waals surface area contributed by atoms with Gasteiger partial charge in [-0.15, -0.1) is 5.10 Å². The maximum absolute atomic E-state index is 13.1. The molecule has 4 rings (SSSR count). The average molecular weight is 511 g/mol. The van der Waals surface area contributed by atoms with Crippen molar-refractivity contribution in [2.24, 2.45) is 0 Å². The Kier molecular flexibility index (Phi) is 6.76. The van der Waals surface area contributed by atoms with Crippen LogP contribution in [0.4, 0.5) is 5.69 Å². The number of carbonyl (C=O) groups is 2. The quantitative estimate of drug-likeness (QED) is 0.524. The molecule has 2 heterocycles. The Morgan fingerprint density at radius 3 is 2.42 bits per heavy atom. The highest BCUT2D eigenvalue weighted by molar-refractivity contribution is 6.31. The number of halogens is 3. The molecule has 2 N–H and O–H groups in total. The first kappa shape index (κ1) is 23.3. The van der Waals surface area contributed by atoms with Crippen LogP contribution >= 0.6 is 34.8 Å². The number of carboxylic acid groups (broad SMARTS) is 1. The minimum atomic E-state index is -1.19. The Balaban J connectivity index is 1.60.